The predicted octanol–water partition coefficient (Wildman–Crippen LogP) is 1.82. The second-order valence-electron chi connectivity index (χ2n) is 4.16. The Bertz CT molecular complexity index is 519. The van der Waals surface area contributed by atoms with Gasteiger partial charge < -0.3 is 15.0 Å². The number of nitrogens with zero attached hydrogens (tertiary/aromatic N) is 4. The van der Waals surface area contributed by atoms with E-state index in [0.29, 0.717) is 11.3 Å². The summed E-state index contributed by atoms with van der Waals surface area (Å²) < 4.78 is 4.71. The van der Waals surface area contributed by atoms with Crippen LogP contribution in [0.4, 0.5) is 11.4 Å². The van der Waals surface area contributed by atoms with Crippen molar-refractivity contribution in [1.82, 2.24) is 5.32 Å². The number of carbonyl (C=O) groups is 1. The summed E-state index contributed by atoms with van der Waals surface area (Å²) in [6, 6.07) is 5.06. The SMILES string of the molecule is COC(=O)c1cc(N=[N+]=[N-])cc(N2CCNCC2)c1. The van der Waals surface area contributed by atoms with Crippen LogP contribution in [-0.2, 0) is 4.74 Å². The average molecular weight is 261 g/mol. The minimum absolute atomic E-state index is 0.390. The number of methoxy groups -OCH3 is 1. The highest BCUT2D eigenvalue weighted by Crippen LogP contribution is 2.25. The van der Waals surface area contributed by atoms with Crippen LogP contribution in [0.3, 0.4) is 0 Å². The maximum Gasteiger partial charge on any atom is 0.337 e. The van der Waals surface area contributed by atoms with Gasteiger partial charge in [-0.25, -0.2) is 4.79 Å². The Morgan fingerprint density at radius 3 is 2.79 bits per heavy atom. The first-order valence-corrected chi connectivity index (χ1v) is 5.99. The van der Waals surface area contributed by atoms with E-state index in [-0.39, 0.29) is 0 Å². The summed E-state index contributed by atoms with van der Waals surface area (Å²) in [5.41, 5.74) is 10.2. The van der Waals surface area contributed by atoms with Gasteiger partial charge in [-0.2, -0.15) is 0 Å². The van der Waals surface area contributed by atoms with E-state index in [1.807, 2.05) is 0 Å². The number of hydrogen-bond donors (Lipinski definition) is 1. The van der Waals surface area contributed by atoms with Crippen molar-refractivity contribution in [1.29, 1.82) is 0 Å². The van der Waals surface area contributed by atoms with Crippen molar-refractivity contribution in [2.45, 2.75) is 0 Å². The fourth-order valence-corrected chi connectivity index (χ4v) is 2.05. The maximum absolute atomic E-state index is 11.6. The average Bonchev–Trinajstić information content (AvgIpc) is 2.47. The number of ether oxygens (including phenoxy) is 1. The van der Waals surface area contributed by atoms with Gasteiger partial charge >= 0.3 is 5.97 Å². The second kappa shape index (κ2) is 6.08. The summed E-state index contributed by atoms with van der Waals surface area (Å²) in [6.45, 7) is 3.47. The molecule has 1 heterocycles. The van der Waals surface area contributed by atoms with Gasteiger partial charge in [-0.05, 0) is 23.7 Å². The van der Waals surface area contributed by atoms with Gasteiger partial charge in [-0.3, -0.25) is 0 Å². The molecule has 1 aliphatic rings. The molecule has 0 amide bonds. The molecule has 2 rings (SSSR count). The maximum atomic E-state index is 11.6. The highest BCUT2D eigenvalue weighted by Gasteiger charge is 2.14. The molecule has 0 spiro atoms. The first-order valence-electron chi connectivity index (χ1n) is 5.99. The molecule has 0 bridgehead atoms. The van der Waals surface area contributed by atoms with Crippen LogP contribution in [0.5, 0.6) is 0 Å². The molecule has 1 N–H and O–H groups in total. The van der Waals surface area contributed by atoms with E-state index in [0.717, 1.165) is 31.9 Å². The molecule has 1 aromatic carbocycles. The van der Waals surface area contributed by atoms with Gasteiger partial charge in [0, 0.05) is 42.5 Å². The highest BCUT2D eigenvalue weighted by molar-refractivity contribution is 5.91. The molecule has 0 saturated carbocycles. The molecule has 0 aliphatic carbocycles. The minimum Gasteiger partial charge on any atom is -0.465 e. The largest absolute Gasteiger partial charge is 0.465 e. The lowest BCUT2D eigenvalue weighted by Crippen LogP contribution is -2.43. The van der Waals surface area contributed by atoms with Gasteiger partial charge in [0.05, 0.1) is 12.7 Å². The molecular formula is C12H15N5O2. The van der Waals surface area contributed by atoms with Crippen LogP contribution in [-0.4, -0.2) is 39.3 Å². The Labute approximate surface area is 110 Å². The summed E-state index contributed by atoms with van der Waals surface area (Å²) in [6.07, 6.45) is 0. The van der Waals surface area contributed by atoms with Crippen molar-refractivity contribution in [3.8, 4) is 0 Å². The third kappa shape index (κ3) is 3.15. The number of piperazine rings is 1. The number of anilines is 1. The summed E-state index contributed by atoms with van der Waals surface area (Å²) in [7, 11) is 1.33. The van der Waals surface area contributed by atoms with E-state index in [4.69, 9.17) is 10.3 Å². The van der Waals surface area contributed by atoms with E-state index in [9.17, 15) is 4.79 Å². The van der Waals surface area contributed by atoms with Crippen LogP contribution in [0.25, 0.3) is 10.4 Å². The van der Waals surface area contributed by atoms with E-state index in [2.05, 4.69) is 20.2 Å². The molecule has 0 radical (unpaired) electrons. The van der Waals surface area contributed by atoms with Crippen LogP contribution in [0, 0.1) is 0 Å². The normalized spacial score (nSPS) is 14.7. The Balaban J connectivity index is 2.38. The first-order chi connectivity index (χ1) is 9.24. The zero-order valence-electron chi connectivity index (χ0n) is 10.7. The number of nitrogens with one attached hydrogen (secondary N) is 1. The minimum atomic E-state index is -0.439. The van der Waals surface area contributed by atoms with Gasteiger partial charge in [0.25, 0.3) is 0 Å². The molecule has 7 nitrogen and oxygen atoms in total. The van der Waals surface area contributed by atoms with Crippen molar-refractivity contribution >= 4 is 17.3 Å². The summed E-state index contributed by atoms with van der Waals surface area (Å²) in [5, 5.41) is 6.83. The van der Waals surface area contributed by atoms with Gasteiger partial charge in [-0.1, -0.05) is 5.11 Å². The van der Waals surface area contributed by atoms with E-state index < -0.39 is 5.97 Å². The number of azide groups is 1. The number of hydrogen-bond acceptors (Lipinski definition) is 5. The molecule has 0 unspecified atom stereocenters. The Kier molecular flexibility index (Phi) is 4.22. The molecule has 1 aromatic rings. The van der Waals surface area contributed by atoms with E-state index in [1.165, 1.54) is 13.2 Å². The molecule has 1 saturated heterocycles. The lowest BCUT2D eigenvalue weighted by Gasteiger charge is -2.29. The zero-order valence-corrected chi connectivity index (χ0v) is 10.7. The van der Waals surface area contributed by atoms with Crippen LogP contribution in [0.2, 0.25) is 0 Å². The molecule has 7 heteroatoms. The van der Waals surface area contributed by atoms with Crippen LogP contribution in [0.1, 0.15) is 10.4 Å². The topological polar surface area (TPSA) is 90.3 Å². The monoisotopic (exact) mass is 261 g/mol. The van der Waals surface area contributed by atoms with Crippen LogP contribution in [0.15, 0.2) is 23.3 Å². The van der Waals surface area contributed by atoms with Gasteiger partial charge in [0.2, 0.25) is 0 Å². The molecule has 19 heavy (non-hydrogen) atoms. The second-order valence-corrected chi connectivity index (χ2v) is 4.16. The molecule has 100 valence electrons. The van der Waals surface area contributed by atoms with Gasteiger partial charge in [0.1, 0.15) is 0 Å². The Morgan fingerprint density at radius 1 is 1.42 bits per heavy atom. The highest BCUT2D eigenvalue weighted by atomic mass is 16.5. The fourth-order valence-electron chi connectivity index (χ4n) is 2.05. The van der Waals surface area contributed by atoms with Crippen molar-refractivity contribution < 1.29 is 9.53 Å². The van der Waals surface area contributed by atoms with Crippen LogP contribution < -0.4 is 10.2 Å². The first kappa shape index (κ1) is 13.2. The Morgan fingerprint density at radius 2 is 2.16 bits per heavy atom. The third-order valence-corrected chi connectivity index (χ3v) is 2.97. The smallest absolute Gasteiger partial charge is 0.337 e. The third-order valence-electron chi connectivity index (χ3n) is 2.97. The van der Waals surface area contributed by atoms with Gasteiger partial charge in [0.15, 0.2) is 0 Å². The number of esters is 1. The molecule has 1 fully saturated rings. The molecular weight excluding hydrogens is 246 g/mol. The summed E-state index contributed by atoms with van der Waals surface area (Å²) in [5.74, 6) is -0.439. The van der Waals surface area contributed by atoms with Crippen molar-refractivity contribution in [3.05, 3.63) is 34.2 Å². The lowest BCUT2D eigenvalue weighted by atomic mass is 10.1. The lowest BCUT2D eigenvalue weighted by molar-refractivity contribution is 0.0601. The quantitative estimate of drug-likeness (QED) is 0.389. The van der Waals surface area contributed by atoms with E-state index in [1.54, 1.807) is 12.1 Å². The molecule has 1 aliphatic heterocycles. The van der Waals surface area contributed by atoms with Crippen molar-refractivity contribution in [3.63, 3.8) is 0 Å². The Hall–Kier alpha value is -2.24. The number of carbonyl (C=O) groups excluding carboxylic acids is 1. The standard InChI is InChI=1S/C12H15N5O2/c1-19-12(18)9-6-10(15-16-13)8-11(7-9)17-4-2-14-3-5-17/h6-8,14H,2-5H2,1H3. The number of rotatable bonds is 3. The van der Waals surface area contributed by atoms with E-state index >= 15 is 0 Å². The zero-order chi connectivity index (χ0) is 13.7. The summed E-state index contributed by atoms with van der Waals surface area (Å²) >= 11 is 0. The summed E-state index contributed by atoms with van der Waals surface area (Å²) in [4.78, 5) is 16.5. The van der Waals surface area contributed by atoms with Crippen molar-refractivity contribution in [2.24, 2.45) is 5.11 Å². The number of benzene rings is 1. The molecule has 0 aromatic heterocycles. The van der Waals surface area contributed by atoms with Crippen LogP contribution >= 0.6 is 0 Å². The van der Waals surface area contributed by atoms with Crippen molar-refractivity contribution in [2.75, 3.05) is 38.2 Å². The predicted molar refractivity (Wildman–Crippen MR) is 71.7 cm³/mol. The fraction of sp³-hybridized carbons (Fsp3) is 0.417. The molecule has 0 atom stereocenters. The van der Waals surface area contributed by atoms with Gasteiger partial charge in [-0.15, -0.1) is 0 Å².